The SMILES string of the molecule is CC#CC(C)C(C)CCC. The van der Waals surface area contributed by atoms with Crippen LogP contribution in [0, 0.1) is 23.7 Å². The van der Waals surface area contributed by atoms with Crippen molar-refractivity contribution < 1.29 is 0 Å². The van der Waals surface area contributed by atoms with E-state index < -0.39 is 0 Å². The molecule has 0 aliphatic rings. The Morgan fingerprint density at radius 3 is 2.30 bits per heavy atom. The van der Waals surface area contributed by atoms with E-state index in [0.29, 0.717) is 5.92 Å². The molecule has 0 spiro atoms. The fourth-order valence-electron chi connectivity index (χ4n) is 1.08. The quantitative estimate of drug-likeness (QED) is 0.526. The standard InChI is InChI=1S/C10H18/c1-5-7-9(3)10(4)8-6-2/h9-10H,5,7H2,1-4H3. The molecule has 58 valence electrons. The van der Waals surface area contributed by atoms with E-state index in [1.165, 1.54) is 12.8 Å². The highest BCUT2D eigenvalue weighted by atomic mass is 14.1. The molecular formula is C10H18. The lowest BCUT2D eigenvalue weighted by atomic mass is 9.92. The molecule has 0 saturated carbocycles. The van der Waals surface area contributed by atoms with Crippen LogP contribution in [0.1, 0.15) is 40.5 Å². The normalized spacial score (nSPS) is 15.2. The summed E-state index contributed by atoms with van der Waals surface area (Å²) in [6.45, 7) is 8.62. The summed E-state index contributed by atoms with van der Waals surface area (Å²) in [6, 6.07) is 0. The molecule has 0 aromatic heterocycles. The number of hydrogen-bond donors (Lipinski definition) is 0. The van der Waals surface area contributed by atoms with E-state index in [2.05, 4.69) is 32.6 Å². The third kappa shape index (κ3) is 3.56. The van der Waals surface area contributed by atoms with Crippen LogP contribution in [-0.2, 0) is 0 Å². The van der Waals surface area contributed by atoms with Crippen LogP contribution in [0.2, 0.25) is 0 Å². The van der Waals surface area contributed by atoms with Gasteiger partial charge < -0.3 is 0 Å². The van der Waals surface area contributed by atoms with E-state index in [1.807, 2.05) is 6.92 Å². The van der Waals surface area contributed by atoms with Gasteiger partial charge in [0.1, 0.15) is 0 Å². The first-order valence-corrected chi connectivity index (χ1v) is 4.14. The van der Waals surface area contributed by atoms with Crippen LogP contribution in [0.15, 0.2) is 0 Å². The zero-order valence-corrected chi connectivity index (χ0v) is 7.57. The maximum Gasteiger partial charge on any atom is 0.0200 e. The molecule has 0 heterocycles. The Bertz CT molecular complexity index is 125. The van der Waals surface area contributed by atoms with E-state index in [9.17, 15) is 0 Å². The monoisotopic (exact) mass is 138 g/mol. The summed E-state index contributed by atoms with van der Waals surface area (Å²) in [5.74, 6) is 7.47. The van der Waals surface area contributed by atoms with Crippen LogP contribution in [0.4, 0.5) is 0 Å². The second-order valence-electron chi connectivity index (χ2n) is 2.95. The molecule has 0 amide bonds. The summed E-state index contributed by atoms with van der Waals surface area (Å²) >= 11 is 0. The Kier molecular flexibility index (Phi) is 5.12. The van der Waals surface area contributed by atoms with Crippen LogP contribution in [0.3, 0.4) is 0 Å². The molecular weight excluding hydrogens is 120 g/mol. The first-order valence-electron chi connectivity index (χ1n) is 4.14. The molecule has 0 radical (unpaired) electrons. The van der Waals surface area contributed by atoms with Gasteiger partial charge in [-0.3, -0.25) is 0 Å². The van der Waals surface area contributed by atoms with E-state index in [1.54, 1.807) is 0 Å². The maximum atomic E-state index is 3.18. The van der Waals surface area contributed by atoms with Crippen molar-refractivity contribution in [3.8, 4) is 11.8 Å². The smallest absolute Gasteiger partial charge is 0.0200 e. The highest BCUT2D eigenvalue weighted by molar-refractivity contribution is 5.00. The first-order chi connectivity index (χ1) is 4.72. The van der Waals surface area contributed by atoms with Crippen molar-refractivity contribution in [2.75, 3.05) is 0 Å². The molecule has 10 heavy (non-hydrogen) atoms. The van der Waals surface area contributed by atoms with Crippen molar-refractivity contribution in [3.05, 3.63) is 0 Å². The van der Waals surface area contributed by atoms with Gasteiger partial charge in [-0.2, -0.15) is 0 Å². The molecule has 2 unspecified atom stereocenters. The Morgan fingerprint density at radius 2 is 1.90 bits per heavy atom. The lowest BCUT2D eigenvalue weighted by Gasteiger charge is -2.12. The zero-order valence-electron chi connectivity index (χ0n) is 7.57. The van der Waals surface area contributed by atoms with E-state index in [-0.39, 0.29) is 0 Å². The van der Waals surface area contributed by atoms with Gasteiger partial charge in [-0.05, 0) is 19.3 Å². The van der Waals surface area contributed by atoms with Gasteiger partial charge in [0.25, 0.3) is 0 Å². The highest BCUT2D eigenvalue weighted by Gasteiger charge is 2.06. The summed E-state index contributed by atoms with van der Waals surface area (Å²) in [4.78, 5) is 0. The van der Waals surface area contributed by atoms with Gasteiger partial charge in [0.2, 0.25) is 0 Å². The molecule has 0 saturated heterocycles. The minimum absolute atomic E-state index is 0.574. The minimum Gasteiger partial charge on any atom is -0.106 e. The fourth-order valence-corrected chi connectivity index (χ4v) is 1.08. The molecule has 0 aliphatic heterocycles. The predicted octanol–water partition coefficient (Wildman–Crippen LogP) is 3.08. The molecule has 0 fully saturated rings. The predicted molar refractivity (Wildman–Crippen MR) is 46.7 cm³/mol. The summed E-state index contributed by atoms with van der Waals surface area (Å²) < 4.78 is 0. The van der Waals surface area contributed by atoms with Gasteiger partial charge in [0, 0.05) is 5.92 Å². The van der Waals surface area contributed by atoms with Crippen LogP contribution < -0.4 is 0 Å². The van der Waals surface area contributed by atoms with Crippen molar-refractivity contribution in [2.45, 2.75) is 40.5 Å². The van der Waals surface area contributed by atoms with Crippen molar-refractivity contribution in [1.29, 1.82) is 0 Å². The minimum atomic E-state index is 0.574. The van der Waals surface area contributed by atoms with Gasteiger partial charge in [-0.15, -0.1) is 11.8 Å². The van der Waals surface area contributed by atoms with Gasteiger partial charge >= 0.3 is 0 Å². The summed E-state index contributed by atoms with van der Waals surface area (Å²) in [5, 5.41) is 0. The zero-order chi connectivity index (χ0) is 7.98. The van der Waals surface area contributed by atoms with Crippen LogP contribution in [0.25, 0.3) is 0 Å². The van der Waals surface area contributed by atoms with Crippen LogP contribution >= 0.6 is 0 Å². The molecule has 0 nitrogen and oxygen atoms in total. The Labute approximate surface area is 65.0 Å². The van der Waals surface area contributed by atoms with Gasteiger partial charge in [0.15, 0.2) is 0 Å². The Hall–Kier alpha value is -0.440. The van der Waals surface area contributed by atoms with Gasteiger partial charge in [0.05, 0.1) is 0 Å². The highest BCUT2D eigenvalue weighted by Crippen LogP contribution is 2.15. The molecule has 0 rings (SSSR count). The number of hydrogen-bond acceptors (Lipinski definition) is 0. The van der Waals surface area contributed by atoms with Crippen molar-refractivity contribution in [3.63, 3.8) is 0 Å². The molecule has 0 heteroatoms. The van der Waals surface area contributed by atoms with E-state index in [0.717, 1.165) is 5.92 Å². The van der Waals surface area contributed by atoms with Crippen molar-refractivity contribution >= 4 is 0 Å². The molecule has 2 atom stereocenters. The maximum absolute atomic E-state index is 3.18. The van der Waals surface area contributed by atoms with Crippen molar-refractivity contribution in [2.24, 2.45) is 11.8 Å². The third-order valence-electron chi connectivity index (χ3n) is 1.97. The van der Waals surface area contributed by atoms with Crippen molar-refractivity contribution in [1.82, 2.24) is 0 Å². The van der Waals surface area contributed by atoms with Gasteiger partial charge in [-0.25, -0.2) is 0 Å². The van der Waals surface area contributed by atoms with Crippen LogP contribution in [-0.4, -0.2) is 0 Å². The topological polar surface area (TPSA) is 0 Å². The average Bonchev–Trinajstić information content (AvgIpc) is 1.89. The average molecular weight is 138 g/mol. The third-order valence-corrected chi connectivity index (χ3v) is 1.97. The van der Waals surface area contributed by atoms with E-state index in [4.69, 9.17) is 0 Å². The summed E-state index contributed by atoms with van der Waals surface area (Å²) in [6.07, 6.45) is 2.58. The molecule has 0 aromatic carbocycles. The molecule has 0 aliphatic carbocycles. The van der Waals surface area contributed by atoms with Gasteiger partial charge in [-0.1, -0.05) is 27.2 Å². The second kappa shape index (κ2) is 5.35. The van der Waals surface area contributed by atoms with Crippen LogP contribution in [0.5, 0.6) is 0 Å². The second-order valence-corrected chi connectivity index (χ2v) is 2.95. The summed E-state index contributed by atoms with van der Waals surface area (Å²) in [7, 11) is 0. The first kappa shape index (κ1) is 9.56. The van der Waals surface area contributed by atoms with E-state index >= 15 is 0 Å². The Morgan fingerprint density at radius 1 is 1.30 bits per heavy atom. The molecule has 0 bridgehead atoms. The fraction of sp³-hybridized carbons (Fsp3) is 0.800. The number of rotatable bonds is 3. The largest absolute Gasteiger partial charge is 0.106 e. The molecule has 0 aromatic rings. The lowest BCUT2D eigenvalue weighted by Crippen LogP contribution is -2.04. The molecule has 0 N–H and O–H groups in total. The Balaban J connectivity index is 3.66. The summed E-state index contributed by atoms with van der Waals surface area (Å²) in [5.41, 5.74) is 0. The lowest BCUT2D eigenvalue weighted by molar-refractivity contribution is 0.434.